The number of carbonyl (C=O) groups is 1. The lowest BCUT2D eigenvalue weighted by molar-refractivity contribution is -0.141. The van der Waals surface area contributed by atoms with Gasteiger partial charge in [0.15, 0.2) is 9.84 Å². The van der Waals surface area contributed by atoms with Gasteiger partial charge in [-0.3, -0.25) is 4.79 Å². The fourth-order valence-corrected chi connectivity index (χ4v) is 2.82. The average Bonchev–Trinajstić information content (AvgIpc) is 2.16. The van der Waals surface area contributed by atoms with Crippen LogP contribution >= 0.6 is 0 Å². The molecule has 4 N–H and O–H groups in total. The van der Waals surface area contributed by atoms with Gasteiger partial charge in [0.05, 0.1) is 10.6 Å². The molecule has 0 aliphatic heterocycles. The van der Waals surface area contributed by atoms with Crippen LogP contribution in [0.25, 0.3) is 0 Å². The highest BCUT2D eigenvalue weighted by atomic mass is 32.2. The maximum atomic E-state index is 11.8. The molecular formula is C10H13NO5S. The summed E-state index contributed by atoms with van der Waals surface area (Å²) in [7, 11) is -3.80. The lowest BCUT2D eigenvalue weighted by Gasteiger charge is -2.18. The molecule has 0 saturated carbocycles. The Labute approximate surface area is 98.6 Å². The number of benzene rings is 1. The van der Waals surface area contributed by atoms with Gasteiger partial charge in [-0.05, 0) is 31.2 Å². The highest BCUT2D eigenvalue weighted by Crippen LogP contribution is 2.18. The smallest absolute Gasteiger partial charge is 0.324 e. The van der Waals surface area contributed by atoms with E-state index in [-0.39, 0.29) is 10.6 Å². The van der Waals surface area contributed by atoms with E-state index in [0.717, 1.165) is 6.92 Å². The standard InChI is InChI=1S/C10H13NO5S/c1-10(11,9(13)14)6-17(15,16)8-4-2-7(12)3-5-8/h2-5,12H,6,11H2,1H3,(H,13,14). The first-order valence-corrected chi connectivity index (χ1v) is 6.34. The molecule has 1 aromatic carbocycles. The second-order valence-electron chi connectivity index (χ2n) is 3.98. The first-order valence-electron chi connectivity index (χ1n) is 4.69. The predicted molar refractivity (Wildman–Crippen MR) is 60.4 cm³/mol. The third-order valence-electron chi connectivity index (χ3n) is 2.17. The molecule has 1 rings (SSSR count). The van der Waals surface area contributed by atoms with E-state index in [1.165, 1.54) is 24.3 Å². The van der Waals surface area contributed by atoms with Crippen LogP contribution in [0.1, 0.15) is 6.92 Å². The fraction of sp³-hybridized carbons (Fsp3) is 0.300. The van der Waals surface area contributed by atoms with Crippen molar-refractivity contribution in [2.24, 2.45) is 5.73 Å². The van der Waals surface area contributed by atoms with Crippen LogP contribution in [0.15, 0.2) is 29.2 Å². The summed E-state index contributed by atoms with van der Waals surface area (Å²) in [4.78, 5) is 10.7. The van der Waals surface area contributed by atoms with E-state index in [1.54, 1.807) is 0 Å². The summed E-state index contributed by atoms with van der Waals surface area (Å²) in [6.07, 6.45) is 0. The number of sulfone groups is 1. The van der Waals surface area contributed by atoms with Crippen LogP contribution in [0.5, 0.6) is 5.75 Å². The van der Waals surface area contributed by atoms with E-state index >= 15 is 0 Å². The molecule has 6 nitrogen and oxygen atoms in total. The number of phenolic OH excluding ortho intramolecular Hbond substituents is 1. The van der Waals surface area contributed by atoms with Gasteiger partial charge < -0.3 is 15.9 Å². The van der Waals surface area contributed by atoms with Crippen LogP contribution in [-0.2, 0) is 14.6 Å². The van der Waals surface area contributed by atoms with Gasteiger partial charge in [-0.2, -0.15) is 0 Å². The Morgan fingerprint density at radius 3 is 2.24 bits per heavy atom. The topological polar surface area (TPSA) is 118 Å². The zero-order valence-corrected chi connectivity index (χ0v) is 9.94. The van der Waals surface area contributed by atoms with Gasteiger partial charge in [-0.15, -0.1) is 0 Å². The maximum Gasteiger partial charge on any atom is 0.324 e. The fourth-order valence-electron chi connectivity index (χ4n) is 1.19. The maximum absolute atomic E-state index is 11.8. The molecule has 0 aromatic heterocycles. The highest BCUT2D eigenvalue weighted by molar-refractivity contribution is 7.91. The number of hydrogen-bond donors (Lipinski definition) is 3. The van der Waals surface area contributed by atoms with E-state index in [1.807, 2.05) is 0 Å². The molecule has 7 heteroatoms. The highest BCUT2D eigenvalue weighted by Gasteiger charge is 2.34. The molecule has 0 heterocycles. The molecule has 1 aromatic rings. The molecule has 17 heavy (non-hydrogen) atoms. The number of carboxylic acid groups (broad SMARTS) is 1. The summed E-state index contributed by atoms with van der Waals surface area (Å²) in [6.45, 7) is 1.13. The summed E-state index contributed by atoms with van der Waals surface area (Å²) in [5.41, 5.74) is 3.53. The first kappa shape index (κ1) is 13.5. The molecule has 0 spiro atoms. The molecule has 0 radical (unpaired) electrons. The van der Waals surface area contributed by atoms with Gasteiger partial charge in [0.2, 0.25) is 0 Å². The molecule has 0 aliphatic carbocycles. The van der Waals surface area contributed by atoms with E-state index in [0.29, 0.717) is 0 Å². The minimum atomic E-state index is -3.80. The third-order valence-corrected chi connectivity index (χ3v) is 4.14. The zero-order chi connectivity index (χ0) is 13.3. The van der Waals surface area contributed by atoms with Crippen molar-refractivity contribution in [3.05, 3.63) is 24.3 Å². The van der Waals surface area contributed by atoms with E-state index in [4.69, 9.17) is 15.9 Å². The molecule has 0 amide bonds. The summed E-state index contributed by atoms with van der Waals surface area (Å²) in [5, 5.41) is 17.8. The number of nitrogens with two attached hydrogens (primary N) is 1. The van der Waals surface area contributed by atoms with Gasteiger partial charge in [0.25, 0.3) is 0 Å². The Hall–Kier alpha value is -1.60. The van der Waals surface area contributed by atoms with Gasteiger partial charge in [-0.1, -0.05) is 0 Å². The number of aliphatic carboxylic acids is 1. The second kappa shape index (κ2) is 4.34. The number of rotatable bonds is 4. The number of aromatic hydroxyl groups is 1. The Kier molecular flexibility index (Phi) is 3.44. The molecular weight excluding hydrogens is 246 g/mol. The summed E-state index contributed by atoms with van der Waals surface area (Å²) in [6, 6.07) is 4.81. The van der Waals surface area contributed by atoms with Crippen LogP contribution in [0, 0.1) is 0 Å². The van der Waals surface area contributed by atoms with E-state index in [2.05, 4.69) is 0 Å². The van der Waals surface area contributed by atoms with Crippen LogP contribution < -0.4 is 5.73 Å². The lowest BCUT2D eigenvalue weighted by Crippen LogP contribution is -2.50. The van der Waals surface area contributed by atoms with Gasteiger partial charge >= 0.3 is 5.97 Å². The van der Waals surface area contributed by atoms with Crippen molar-refractivity contribution < 1.29 is 23.4 Å². The molecule has 1 unspecified atom stereocenters. The molecule has 1 atom stereocenters. The monoisotopic (exact) mass is 259 g/mol. The predicted octanol–water partition coefficient (Wildman–Crippen LogP) is -0.0321. The number of phenols is 1. The number of hydrogen-bond acceptors (Lipinski definition) is 5. The molecule has 0 fully saturated rings. The van der Waals surface area contributed by atoms with Crippen molar-refractivity contribution in [1.82, 2.24) is 0 Å². The average molecular weight is 259 g/mol. The Morgan fingerprint density at radius 2 is 1.82 bits per heavy atom. The molecule has 0 saturated heterocycles. The van der Waals surface area contributed by atoms with Gasteiger partial charge in [0, 0.05) is 0 Å². The van der Waals surface area contributed by atoms with Crippen LogP contribution in [0.4, 0.5) is 0 Å². The summed E-state index contributed by atoms with van der Waals surface area (Å²) >= 11 is 0. The molecule has 0 bridgehead atoms. The summed E-state index contributed by atoms with van der Waals surface area (Å²) < 4.78 is 23.7. The SMILES string of the molecule is CC(N)(CS(=O)(=O)c1ccc(O)cc1)C(=O)O. The zero-order valence-electron chi connectivity index (χ0n) is 9.12. The van der Waals surface area contributed by atoms with E-state index < -0.39 is 27.1 Å². The van der Waals surface area contributed by atoms with E-state index in [9.17, 15) is 13.2 Å². The van der Waals surface area contributed by atoms with Crippen molar-refractivity contribution in [3.63, 3.8) is 0 Å². The van der Waals surface area contributed by atoms with Crippen molar-refractivity contribution >= 4 is 15.8 Å². The molecule has 0 aliphatic rings. The Morgan fingerprint density at radius 1 is 1.35 bits per heavy atom. The normalized spacial score (nSPS) is 15.2. The van der Waals surface area contributed by atoms with Crippen LogP contribution in [-0.4, -0.2) is 35.9 Å². The van der Waals surface area contributed by atoms with Gasteiger partial charge in [-0.25, -0.2) is 8.42 Å². The van der Waals surface area contributed by atoms with Gasteiger partial charge in [0.1, 0.15) is 11.3 Å². The van der Waals surface area contributed by atoms with Crippen molar-refractivity contribution in [2.45, 2.75) is 17.4 Å². The minimum absolute atomic E-state index is 0.0716. The van der Waals surface area contributed by atoms with Crippen LogP contribution in [0.2, 0.25) is 0 Å². The second-order valence-corrected chi connectivity index (χ2v) is 5.97. The minimum Gasteiger partial charge on any atom is -0.508 e. The van der Waals surface area contributed by atoms with Crippen LogP contribution in [0.3, 0.4) is 0 Å². The lowest BCUT2D eigenvalue weighted by atomic mass is 10.1. The number of carboxylic acids is 1. The third kappa shape index (κ3) is 3.18. The largest absolute Gasteiger partial charge is 0.508 e. The Bertz CT molecular complexity index is 518. The summed E-state index contributed by atoms with van der Waals surface area (Å²) in [5.74, 6) is -2.17. The molecule has 94 valence electrons. The van der Waals surface area contributed by atoms with Crippen molar-refractivity contribution in [1.29, 1.82) is 0 Å². The first-order chi connectivity index (χ1) is 7.65. The van der Waals surface area contributed by atoms with Crippen molar-refractivity contribution in [2.75, 3.05) is 5.75 Å². The Balaban J connectivity index is 3.05. The van der Waals surface area contributed by atoms with Crippen molar-refractivity contribution in [3.8, 4) is 5.75 Å². The quantitative estimate of drug-likeness (QED) is 0.698.